The highest BCUT2D eigenvalue weighted by Crippen LogP contribution is 2.21. The van der Waals surface area contributed by atoms with Crippen LogP contribution < -0.4 is 5.32 Å². The van der Waals surface area contributed by atoms with Crippen molar-refractivity contribution in [1.82, 2.24) is 10.2 Å². The van der Waals surface area contributed by atoms with E-state index in [1.54, 1.807) is 32.0 Å². The molecule has 0 radical (unpaired) electrons. The lowest BCUT2D eigenvalue weighted by Crippen LogP contribution is -2.40. The molecule has 130 valence electrons. The standard InChI is InChI=1S/C16H24FN3OS.HI/c1-18-16(20-7-6-12(10-20)11-21-2)19-9-13-8-14(17)4-5-15(13)22-3;/h4-5,8,12H,6-7,9-11H2,1-3H3,(H,18,19);1H. The molecule has 1 aromatic rings. The molecule has 7 heteroatoms. The van der Waals surface area contributed by atoms with Crippen molar-refractivity contribution in [1.29, 1.82) is 0 Å². The number of aliphatic imine (C=N–C) groups is 1. The Kier molecular flexibility index (Phi) is 9.23. The number of thioether (sulfide) groups is 1. The molecule has 1 atom stereocenters. The van der Waals surface area contributed by atoms with Gasteiger partial charge in [-0.2, -0.15) is 0 Å². The number of hydrogen-bond acceptors (Lipinski definition) is 3. The SMILES string of the molecule is CN=C(NCc1cc(F)ccc1SC)N1CCC(COC)C1.I. The van der Waals surface area contributed by atoms with Gasteiger partial charge in [-0.05, 0) is 36.4 Å². The molecular formula is C16H25FIN3OS. The summed E-state index contributed by atoms with van der Waals surface area (Å²) in [5.74, 6) is 1.22. The fraction of sp³-hybridized carbons (Fsp3) is 0.562. The van der Waals surface area contributed by atoms with E-state index in [0.717, 1.165) is 42.5 Å². The van der Waals surface area contributed by atoms with Crippen LogP contribution >= 0.6 is 35.7 Å². The number of benzene rings is 1. The molecule has 1 heterocycles. The smallest absolute Gasteiger partial charge is 0.193 e. The van der Waals surface area contributed by atoms with Crippen LogP contribution in [-0.2, 0) is 11.3 Å². The van der Waals surface area contributed by atoms with E-state index in [4.69, 9.17) is 4.74 Å². The van der Waals surface area contributed by atoms with Gasteiger partial charge in [-0.1, -0.05) is 0 Å². The maximum absolute atomic E-state index is 13.4. The molecular weight excluding hydrogens is 428 g/mol. The van der Waals surface area contributed by atoms with Crippen LogP contribution in [-0.4, -0.2) is 51.0 Å². The lowest BCUT2D eigenvalue weighted by molar-refractivity contribution is 0.157. The fourth-order valence-corrected chi connectivity index (χ4v) is 3.39. The minimum absolute atomic E-state index is 0. The maximum Gasteiger partial charge on any atom is 0.193 e. The third-order valence-corrected chi connectivity index (χ3v) is 4.72. The Balaban J connectivity index is 0.00000264. The van der Waals surface area contributed by atoms with E-state index < -0.39 is 0 Å². The van der Waals surface area contributed by atoms with Crippen molar-refractivity contribution >= 4 is 41.7 Å². The van der Waals surface area contributed by atoms with Crippen LogP contribution in [0.15, 0.2) is 28.1 Å². The average molecular weight is 453 g/mol. The van der Waals surface area contributed by atoms with Crippen molar-refractivity contribution in [3.63, 3.8) is 0 Å². The van der Waals surface area contributed by atoms with Crippen molar-refractivity contribution in [2.75, 3.05) is 40.1 Å². The van der Waals surface area contributed by atoms with Gasteiger partial charge in [0.25, 0.3) is 0 Å². The van der Waals surface area contributed by atoms with Crippen molar-refractivity contribution in [3.05, 3.63) is 29.6 Å². The van der Waals surface area contributed by atoms with Gasteiger partial charge in [-0.25, -0.2) is 4.39 Å². The Bertz CT molecular complexity index is 530. The summed E-state index contributed by atoms with van der Waals surface area (Å²) in [7, 11) is 3.52. The summed E-state index contributed by atoms with van der Waals surface area (Å²) in [5, 5.41) is 3.35. The molecule has 0 aliphatic carbocycles. The summed E-state index contributed by atoms with van der Waals surface area (Å²) in [6, 6.07) is 4.91. The first-order valence-corrected chi connectivity index (χ1v) is 8.67. The highest BCUT2D eigenvalue weighted by atomic mass is 127. The summed E-state index contributed by atoms with van der Waals surface area (Å²) in [5.41, 5.74) is 0.960. The number of ether oxygens (including phenoxy) is 1. The number of guanidine groups is 1. The van der Waals surface area contributed by atoms with Gasteiger partial charge in [0.05, 0.1) is 6.61 Å². The average Bonchev–Trinajstić information content (AvgIpc) is 2.97. The Morgan fingerprint density at radius 2 is 2.30 bits per heavy atom. The molecule has 1 aromatic carbocycles. The van der Waals surface area contributed by atoms with E-state index in [-0.39, 0.29) is 29.8 Å². The van der Waals surface area contributed by atoms with Gasteiger partial charge < -0.3 is 15.0 Å². The van der Waals surface area contributed by atoms with Gasteiger partial charge in [-0.3, -0.25) is 4.99 Å². The van der Waals surface area contributed by atoms with Crippen LogP contribution in [0.3, 0.4) is 0 Å². The molecule has 1 fully saturated rings. The Hall–Kier alpha value is -0.540. The predicted octanol–water partition coefficient (Wildman–Crippen LogP) is 3.21. The Morgan fingerprint density at radius 3 is 2.96 bits per heavy atom. The molecule has 0 bridgehead atoms. The minimum Gasteiger partial charge on any atom is -0.384 e. The second kappa shape index (κ2) is 10.4. The van der Waals surface area contributed by atoms with Crippen LogP contribution in [0.1, 0.15) is 12.0 Å². The number of nitrogens with one attached hydrogen (secondary N) is 1. The number of hydrogen-bond donors (Lipinski definition) is 1. The molecule has 1 aliphatic rings. The predicted molar refractivity (Wildman–Crippen MR) is 105 cm³/mol. The normalized spacial score (nSPS) is 18.0. The van der Waals surface area contributed by atoms with Gasteiger partial charge in [-0.15, -0.1) is 35.7 Å². The molecule has 0 spiro atoms. The molecule has 1 unspecified atom stereocenters. The summed E-state index contributed by atoms with van der Waals surface area (Å²) in [6.45, 7) is 3.29. The molecule has 1 saturated heterocycles. The largest absolute Gasteiger partial charge is 0.384 e. The first-order chi connectivity index (χ1) is 10.7. The molecule has 2 rings (SSSR count). The highest BCUT2D eigenvalue weighted by Gasteiger charge is 2.24. The second-order valence-corrected chi connectivity index (χ2v) is 6.26. The molecule has 1 aliphatic heterocycles. The van der Waals surface area contributed by atoms with E-state index in [2.05, 4.69) is 15.2 Å². The van der Waals surface area contributed by atoms with Crippen molar-refractivity contribution in [2.45, 2.75) is 17.9 Å². The third-order valence-electron chi connectivity index (χ3n) is 3.88. The Labute approximate surface area is 159 Å². The van der Waals surface area contributed by atoms with Crippen LogP contribution in [0.25, 0.3) is 0 Å². The third kappa shape index (κ3) is 5.79. The van der Waals surface area contributed by atoms with Gasteiger partial charge >= 0.3 is 0 Å². The molecule has 4 nitrogen and oxygen atoms in total. The van der Waals surface area contributed by atoms with Crippen LogP contribution in [0, 0.1) is 11.7 Å². The molecule has 1 N–H and O–H groups in total. The fourth-order valence-electron chi connectivity index (χ4n) is 2.79. The lowest BCUT2D eigenvalue weighted by atomic mass is 10.1. The van der Waals surface area contributed by atoms with Crippen molar-refractivity contribution in [3.8, 4) is 0 Å². The monoisotopic (exact) mass is 453 g/mol. The van der Waals surface area contributed by atoms with E-state index in [0.29, 0.717) is 12.5 Å². The van der Waals surface area contributed by atoms with Crippen LogP contribution in [0.2, 0.25) is 0 Å². The van der Waals surface area contributed by atoms with Gasteiger partial charge in [0, 0.05) is 44.6 Å². The first-order valence-electron chi connectivity index (χ1n) is 7.45. The topological polar surface area (TPSA) is 36.9 Å². The minimum atomic E-state index is -0.203. The Morgan fingerprint density at radius 1 is 1.52 bits per heavy atom. The van der Waals surface area contributed by atoms with E-state index in [1.807, 2.05) is 12.3 Å². The first kappa shape index (κ1) is 20.5. The summed E-state index contributed by atoms with van der Waals surface area (Å²) < 4.78 is 18.7. The summed E-state index contributed by atoms with van der Waals surface area (Å²) in [6.07, 6.45) is 3.12. The van der Waals surface area contributed by atoms with Gasteiger partial charge in [0.15, 0.2) is 5.96 Å². The summed E-state index contributed by atoms with van der Waals surface area (Å²) >= 11 is 1.63. The molecule has 0 aromatic heterocycles. The number of halogens is 2. The lowest BCUT2D eigenvalue weighted by Gasteiger charge is -2.22. The zero-order valence-electron chi connectivity index (χ0n) is 13.8. The number of methoxy groups -OCH3 is 1. The molecule has 0 saturated carbocycles. The van der Waals surface area contributed by atoms with Crippen molar-refractivity contribution < 1.29 is 9.13 Å². The van der Waals surface area contributed by atoms with Crippen LogP contribution in [0.5, 0.6) is 0 Å². The number of likely N-dealkylation sites (tertiary alicyclic amines) is 1. The number of rotatable bonds is 5. The zero-order chi connectivity index (χ0) is 15.9. The van der Waals surface area contributed by atoms with E-state index >= 15 is 0 Å². The second-order valence-electron chi connectivity index (χ2n) is 5.41. The number of nitrogens with zero attached hydrogens (tertiary/aromatic N) is 2. The zero-order valence-corrected chi connectivity index (χ0v) is 17.0. The summed E-state index contributed by atoms with van der Waals surface area (Å²) in [4.78, 5) is 7.67. The quantitative estimate of drug-likeness (QED) is 0.322. The van der Waals surface area contributed by atoms with Gasteiger partial charge in [0.1, 0.15) is 5.82 Å². The highest BCUT2D eigenvalue weighted by molar-refractivity contribution is 14.0. The molecule has 0 amide bonds. The van der Waals surface area contributed by atoms with E-state index in [1.165, 1.54) is 6.07 Å². The van der Waals surface area contributed by atoms with E-state index in [9.17, 15) is 4.39 Å². The van der Waals surface area contributed by atoms with Crippen molar-refractivity contribution in [2.24, 2.45) is 10.9 Å². The van der Waals surface area contributed by atoms with Crippen LogP contribution in [0.4, 0.5) is 4.39 Å². The maximum atomic E-state index is 13.4. The molecule has 23 heavy (non-hydrogen) atoms. The van der Waals surface area contributed by atoms with Gasteiger partial charge in [0.2, 0.25) is 0 Å².